The third-order valence-corrected chi connectivity index (χ3v) is 2.74. The van der Waals surface area contributed by atoms with Crippen LogP contribution in [0.3, 0.4) is 0 Å². The van der Waals surface area contributed by atoms with E-state index >= 15 is 0 Å². The van der Waals surface area contributed by atoms with Gasteiger partial charge in [0, 0.05) is 24.6 Å². The molecule has 1 rings (SSSR count). The second-order valence-corrected chi connectivity index (χ2v) is 4.25. The van der Waals surface area contributed by atoms with Crippen LogP contribution in [0.5, 0.6) is 0 Å². The zero-order valence-corrected chi connectivity index (χ0v) is 10.0. The van der Waals surface area contributed by atoms with Gasteiger partial charge in [0.05, 0.1) is 0 Å². The molecular formula is C13H18FNO. The molecule has 0 bridgehead atoms. The van der Waals surface area contributed by atoms with Crippen LogP contribution < -0.4 is 0 Å². The van der Waals surface area contributed by atoms with Crippen molar-refractivity contribution in [3.05, 3.63) is 35.6 Å². The van der Waals surface area contributed by atoms with Gasteiger partial charge in [-0.25, -0.2) is 4.39 Å². The van der Waals surface area contributed by atoms with Gasteiger partial charge in [-0.3, -0.25) is 4.79 Å². The fourth-order valence-corrected chi connectivity index (χ4v) is 1.32. The van der Waals surface area contributed by atoms with Crippen LogP contribution in [0, 0.1) is 5.82 Å². The van der Waals surface area contributed by atoms with Crippen LogP contribution in [0.4, 0.5) is 4.39 Å². The first-order chi connectivity index (χ1) is 7.50. The number of Topliss-reactive ketones (excluding diaryl/α,β-unsaturated/α-hetero) is 1. The number of halogens is 1. The summed E-state index contributed by atoms with van der Waals surface area (Å²) in [5.74, 6) is -0.247. The van der Waals surface area contributed by atoms with E-state index in [0.717, 1.165) is 6.54 Å². The Morgan fingerprint density at radius 1 is 1.31 bits per heavy atom. The van der Waals surface area contributed by atoms with Crippen LogP contribution in [-0.2, 0) is 0 Å². The van der Waals surface area contributed by atoms with E-state index in [1.165, 1.54) is 24.3 Å². The third kappa shape index (κ3) is 3.74. The van der Waals surface area contributed by atoms with Crippen LogP contribution in [0.2, 0.25) is 0 Å². The normalized spacial score (nSPS) is 11.1. The van der Waals surface area contributed by atoms with E-state index in [-0.39, 0.29) is 11.6 Å². The first-order valence-corrected chi connectivity index (χ1v) is 5.49. The molecule has 0 saturated heterocycles. The quantitative estimate of drug-likeness (QED) is 0.715. The number of hydrogen-bond donors (Lipinski definition) is 0. The van der Waals surface area contributed by atoms with Crippen molar-refractivity contribution in [2.45, 2.75) is 26.3 Å². The van der Waals surface area contributed by atoms with Crippen molar-refractivity contribution in [2.75, 3.05) is 13.6 Å². The summed E-state index contributed by atoms with van der Waals surface area (Å²) >= 11 is 0. The first kappa shape index (κ1) is 12.8. The molecule has 0 fully saturated rings. The molecule has 0 radical (unpaired) electrons. The highest BCUT2D eigenvalue weighted by Crippen LogP contribution is 2.07. The van der Waals surface area contributed by atoms with Gasteiger partial charge in [-0.05, 0) is 45.2 Å². The summed E-state index contributed by atoms with van der Waals surface area (Å²) in [6, 6.07) is 6.14. The minimum atomic E-state index is -0.309. The highest BCUT2D eigenvalue weighted by Gasteiger charge is 2.09. The topological polar surface area (TPSA) is 20.3 Å². The molecule has 1 aromatic rings. The molecule has 3 heteroatoms. The van der Waals surface area contributed by atoms with Gasteiger partial charge in [-0.15, -0.1) is 0 Å². The lowest BCUT2D eigenvalue weighted by Gasteiger charge is -2.20. The Bertz CT molecular complexity index is 345. The second-order valence-electron chi connectivity index (χ2n) is 4.25. The number of carbonyl (C=O) groups is 1. The smallest absolute Gasteiger partial charge is 0.164 e. The van der Waals surface area contributed by atoms with E-state index in [4.69, 9.17) is 0 Å². The maximum Gasteiger partial charge on any atom is 0.164 e. The van der Waals surface area contributed by atoms with Gasteiger partial charge in [0.25, 0.3) is 0 Å². The van der Waals surface area contributed by atoms with Gasteiger partial charge in [0.2, 0.25) is 0 Å². The Labute approximate surface area is 96.1 Å². The van der Waals surface area contributed by atoms with Crippen LogP contribution in [0.25, 0.3) is 0 Å². The Balaban J connectivity index is 2.50. The van der Waals surface area contributed by atoms with Gasteiger partial charge >= 0.3 is 0 Å². The van der Waals surface area contributed by atoms with E-state index in [1.807, 2.05) is 7.05 Å². The van der Waals surface area contributed by atoms with Gasteiger partial charge in [-0.2, -0.15) is 0 Å². The molecule has 0 aromatic heterocycles. The fourth-order valence-electron chi connectivity index (χ4n) is 1.32. The Morgan fingerprint density at radius 3 is 2.38 bits per heavy atom. The Hall–Kier alpha value is -1.22. The van der Waals surface area contributed by atoms with E-state index in [0.29, 0.717) is 18.0 Å². The standard InChI is InChI=1S/C13H18FNO/c1-10(2)15(3)9-8-13(16)11-4-6-12(14)7-5-11/h4-7,10H,8-9H2,1-3H3. The predicted octanol–water partition coefficient (Wildman–Crippen LogP) is 2.74. The van der Waals surface area contributed by atoms with E-state index in [1.54, 1.807) is 0 Å². The summed E-state index contributed by atoms with van der Waals surface area (Å²) in [6.07, 6.45) is 0.473. The maximum absolute atomic E-state index is 12.7. The lowest BCUT2D eigenvalue weighted by Crippen LogP contribution is -2.28. The summed E-state index contributed by atoms with van der Waals surface area (Å²) in [5.41, 5.74) is 0.582. The number of nitrogens with zero attached hydrogens (tertiary/aromatic N) is 1. The minimum Gasteiger partial charge on any atom is -0.304 e. The molecule has 2 nitrogen and oxygen atoms in total. The molecule has 0 aliphatic heterocycles. The van der Waals surface area contributed by atoms with Crippen LogP contribution >= 0.6 is 0 Å². The number of hydrogen-bond acceptors (Lipinski definition) is 2. The largest absolute Gasteiger partial charge is 0.304 e. The SMILES string of the molecule is CC(C)N(C)CCC(=O)c1ccc(F)cc1. The predicted molar refractivity (Wildman–Crippen MR) is 63.1 cm³/mol. The summed E-state index contributed by atoms with van der Waals surface area (Å²) in [5, 5.41) is 0. The molecule has 0 amide bonds. The van der Waals surface area contributed by atoms with Crippen LogP contribution in [0.1, 0.15) is 30.6 Å². The molecule has 88 valence electrons. The summed E-state index contributed by atoms with van der Waals surface area (Å²) in [6.45, 7) is 4.90. The average Bonchev–Trinajstić information content (AvgIpc) is 2.26. The molecule has 0 saturated carbocycles. The van der Waals surface area contributed by atoms with Crippen molar-refractivity contribution in [2.24, 2.45) is 0 Å². The van der Waals surface area contributed by atoms with Crippen molar-refractivity contribution in [1.82, 2.24) is 4.90 Å². The first-order valence-electron chi connectivity index (χ1n) is 5.49. The van der Waals surface area contributed by atoms with Crippen LogP contribution in [0.15, 0.2) is 24.3 Å². The lowest BCUT2D eigenvalue weighted by molar-refractivity contribution is 0.0964. The molecule has 0 atom stereocenters. The molecule has 0 aliphatic carbocycles. The third-order valence-electron chi connectivity index (χ3n) is 2.74. The van der Waals surface area contributed by atoms with E-state index in [9.17, 15) is 9.18 Å². The van der Waals surface area contributed by atoms with Gasteiger partial charge < -0.3 is 4.90 Å². The zero-order chi connectivity index (χ0) is 12.1. The lowest BCUT2D eigenvalue weighted by atomic mass is 10.1. The second kappa shape index (κ2) is 5.75. The summed E-state index contributed by atoms with van der Waals surface area (Å²) in [7, 11) is 1.99. The zero-order valence-electron chi connectivity index (χ0n) is 10.0. The number of rotatable bonds is 5. The van der Waals surface area contributed by atoms with Crippen molar-refractivity contribution in [3.63, 3.8) is 0 Å². The van der Waals surface area contributed by atoms with E-state index in [2.05, 4.69) is 18.7 Å². The molecule has 0 N–H and O–H groups in total. The molecule has 16 heavy (non-hydrogen) atoms. The molecule has 0 unspecified atom stereocenters. The minimum absolute atomic E-state index is 0.0625. The molecule has 1 aromatic carbocycles. The van der Waals surface area contributed by atoms with Crippen molar-refractivity contribution >= 4 is 5.78 Å². The fraction of sp³-hybridized carbons (Fsp3) is 0.462. The van der Waals surface area contributed by atoms with Crippen molar-refractivity contribution < 1.29 is 9.18 Å². The highest BCUT2D eigenvalue weighted by atomic mass is 19.1. The molecule has 0 spiro atoms. The number of benzene rings is 1. The highest BCUT2D eigenvalue weighted by molar-refractivity contribution is 5.96. The number of carbonyl (C=O) groups excluding carboxylic acids is 1. The number of ketones is 1. The van der Waals surface area contributed by atoms with Gasteiger partial charge in [-0.1, -0.05) is 0 Å². The Kier molecular flexibility index (Phi) is 4.62. The van der Waals surface area contributed by atoms with Crippen molar-refractivity contribution in [1.29, 1.82) is 0 Å². The maximum atomic E-state index is 12.7. The summed E-state index contributed by atoms with van der Waals surface area (Å²) in [4.78, 5) is 13.8. The Morgan fingerprint density at radius 2 is 1.88 bits per heavy atom. The monoisotopic (exact) mass is 223 g/mol. The van der Waals surface area contributed by atoms with Gasteiger partial charge in [0.15, 0.2) is 5.78 Å². The molecule has 0 aliphatic rings. The molecule has 0 heterocycles. The van der Waals surface area contributed by atoms with Gasteiger partial charge in [0.1, 0.15) is 5.82 Å². The average molecular weight is 223 g/mol. The summed E-state index contributed by atoms with van der Waals surface area (Å²) < 4.78 is 12.7. The van der Waals surface area contributed by atoms with E-state index < -0.39 is 0 Å². The molecular weight excluding hydrogens is 205 g/mol. The van der Waals surface area contributed by atoms with Crippen molar-refractivity contribution in [3.8, 4) is 0 Å². The van der Waals surface area contributed by atoms with Crippen LogP contribution in [-0.4, -0.2) is 30.3 Å².